The maximum absolute atomic E-state index is 5.82. The monoisotopic (exact) mass is 334 g/mol. The standard InChI is InChI=1S/C14H11ClN4O2S/c15-10-1-3-11(4-2-10)20-8-13-6-5-12(21-13)7-17-19-9-16-18-14(19)22/h1-7,9H,8H2,(H,18,22)/b17-7+. The Kier molecular flexibility index (Phi) is 4.36. The molecular weight excluding hydrogens is 324 g/mol. The van der Waals surface area contributed by atoms with Crippen molar-refractivity contribution in [3.8, 4) is 5.75 Å². The van der Waals surface area contributed by atoms with Crippen LogP contribution in [-0.2, 0) is 6.61 Å². The molecule has 3 aromatic rings. The van der Waals surface area contributed by atoms with E-state index in [-0.39, 0.29) is 0 Å². The van der Waals surface area contributed by atoms with Crippen LogP contribution in [0.4, 0.5) is 0 Å². The number of H-pyrrole nitrogens is 1. The fraction of sp³-hybridized carbons (Fsp3) is 0.0714. The summed E-state index contributed by atoms with van der Waals surface area (Å²) in [4.78, 5) is 0. The van der Waals surface area contributed by atoms with Crippen LogP contribution < -0.4 is 4.74 Å². The van der Waals surface area contributed by atoms with Gasteiger partial charge in [-0.2, -0.15) is 14.9 Å². The molecule has 6 nitrogen and oxygen atoms in total. The van der Waals surface area contributed by atoms with Gasteiger partial charge in [-0.05, 0) is 48.6 Å². The number of ether oxygens (including phenoxy) is 1. The Morgan fingerprint density at radius 1 is 1.32 bits per heavy atom. The van der Waals surface area contributed by atoms with Crippen molar-refractivity contribution in [1.29, 1.82) is 0 Å². The van der Waals surface area contributed by atoms with Gasteiger partial charge in [0.2, 0.25) is 4.77 Å². The zero-order valence-corrected chi connectivity index (χ0v) is 12.8. The van der Waals surface area contributed by atoms with Gasteiger partial charge >= 0.3 is 0 Å². The molecule has 0 bridgehead atoms. The van der Waals surface area contributed by atoms with Crippen molar-refractivity contribution in [3.63, 3.8) is 0 Å². The molecule has 0 aliphatic carbocycles. The SMILES string of the molecule is S=c1[nH]ncn1/N=C/c1ccc(COc2ccc(Cl)cc2)o1. The number of rotatable bonds is 5. The van der Waals surface area contributed by atoms with Crippen LogP contribution >= 0.6 is 23.8 Å². The van der Waals surface area contributed by atoms with Crippen molar-refractivity contribution >= 4 is 30.0 Å². The number of hydrogen-bond acceptors (Lipinski definition) is 5. The number of hydrogen-bond donors (Lipinski definition) is 1. The van der Waals surface area contributed by atoms with Gasteiger partial charge < -0.3 is 9.15 Å². The summed E-state index contributed by atoms with van der Waals surface area (Å²) in [6, 6.07) is 10.8. The van der Waals surface area contributed by atoms with Crippen LogP contribution in [0.1, 0.15) is 11.5 Å². The van der Waals surface area contributed by atoms with Gasteiger partial charge in [0, 0.05) is 5.02 Å². The second-order valence-corrected chi connectivity index (χ2v) is 5.12. The molecule has 0 saturated heterocycles. The molecule has 1 N–H and O–H groups in total. The Labute approximate surface area is 136 Å². The lowest BCUT2D eigenvalue weighted by Crippen LogP contribution is -1.93. The first kappa shape index (κ1) is 14.6. The molecule has 0 unspecified atom stereocenters. The van der Waals surface area contributed by atoms with Crippen LogP contribution in [0, 0.1) is 4.77 Å². The average molecular weight is 335 g/mol. The van der Waals surface area contributed by atoms with Crippen molar-refractivity contribution in [1.82, 2.24) is 14.9 Å². The number of nitrogens with zero attached hydrogens (tertiary/aromatic N) is 3. The highest BCUT2D eigenvalue weighted by Gasteiger charge is 2.02. The molecule has 112 valence electrons. The Morgan fingerprint density at radius 2 is 2.14 bits per heavy atom. The van der Waals surface area contributed by atoms with Gasteiger partial charge in [-0.15, -0.1) is 0 Å². The number of nitrogens with one attached hydrogen (secondary N) is 1. The van der Waals surface area contributed by atoms with Crippen molar-refractivity contribution in [2.24, 2.45) is 5.10 Å². The van der Waals surface area contributed by atoms with E-state index in [9.17, 15) is 0 Å². The number of halogens is 1. The van der Waals surface area contributed by atoms with Gasteiger partial charge in [-0.25, -0.2) is 0 Å². The maximum Gasteiger partial charge on any atom is 0.216 e. The molecule has 1 aromatic carbocycles. The summed E-state index contributed by atoms with van der Waals surface area (Å²) in [5.41, 5.74) is 0. The average Bonchev–Trinajstić information content (AvgIpc) is 3.13. The third kappa shape index (κ3) is 3.63. The third-order valence-electron chi connectivity index (χ3n) is 2.72. The first-order valence-electron chi connectivity index (χ1n) is 6.34. The second kappa shape index (κ2) is 6.59. The molecule has 0 amide bonds. The van der Waals surface area contributed by atoms with Gasteiger partial charge in [-0.3, -0.25) is 5.10 Å². The predicted molar refractivity (Wildman–Crippen MR) is 84.9 cm³/mol. The van der Waals surface area contributed by atoms with E-state index in [4.69, 9.17) is 33.0 Å². The lowest BCUT2D eigenvalue weighted by atomic mass is 10.3. The van der Waals surface area contributed by atoms with Gasteiger partial charge in [0.1, 0.15) is 30.2 Å². The number of aromatic amines is 1. The van der Waals surface area contributed by atoms with Crippen LogP contribution in [-0.4, -0.2) is 21.1 Å². The normalized spacial score (nSPS) is 11.1. The van der Waals surface area contributed by atoms with E-state index in [0.29, 0.717) is 27.9 Å². The van der Waals surface area contributed by atoms with E-state index >= 15 is 0 Å². The van der Waals surface area contributed by atoms with Crippen LogP contribution in [0.15, 0.2) is 52.2 Å². The van der Waals surface area contributed by atoms with E-state index in [0.717, 1.165) is 5.75 Å². The minimum atomic E-state index is 0.320. The van der Waals surface area contributed by atoms with Crippen molar-refractivity contribution in [2.45, 2.75) is 6.61 Å². The van der Waals surface area contributed by atoms with E-state index in [2.05, 4.69) is 15.3 Å². The van der Waals surface area contributed by atoms with E-state index in [1.54, 1.807) is 36.5 Å². The highest BCUT2D eigenvalue weighted by molar-refractivity contribution is 7.71. The molecule has 0 radical (unpaired) electrons. The molecule has 8 heteroatoms. The Hall–Kier alpha value is -2.38. The molecule has 22 heavy (non-hydrogen) atoms. The minimum absolute atomic E-state index is 0.320. The predicted octanol–water partition coefficient (Wildman–Crippen LogP) is 3.65. The molecule has 0 atom stereocenters. The molecule has 2 aromatic heterocycles. The largest absolute Gasteiger partial charge is 0.486 e. The zero-order chi connectivity index (χ0) is 15.4. The lowest BCUT2D eigenvalue weighted by Gasteiger charge is -2.03. The van der Waals surface area contributed by atoms with E-state index in [1.165, 1.54) is 11.0 Å². The fourth-order valence-corrected chi connectivity index (χ4v) is 1.94. The van der Waals surface area contributed by atoms with Crippen LogP contribution in [0.25, 0.3) is 0 Å². The van der Waals surface area contributed by atoms with Crippen molar-refractivity contribution in [2.75, 3.05) is 0 Å². The van der Waals surface area contributed by atoms with E-state index in [1.807, 2.05) is 6.07 Å². The van der Waals surface area contributed by atoms with Gasteiger partial charge in [0.25, 0.3) is 0 Å². The maximum atomic E-state index is 5.82. The minimum Gasteiger partial charge on any atom is -0.486 e. The Balaban J connectivity index is 1.61. The topological polar surface area (TPSA) is 68.3 Å². The molecule has 2 heterocycles. The first-order chi connectivity index (χ1) is 10.7. The molecular formula is C14H11ClN4O2S. The highest BCUT2D eigenvalue weighted by atomic mass is 35.5. The molecule has 0 spiro atoms. The summed E-state index contributed by atoms with van der Waals surface area (Å²) >= 11 is 10.8. The summed E-state index contributed by atoms with van der Waals surface area (Å²) < 4.78 is 13.0. The smallest absolute Gasteiger partial charge is 0.216 e. The molecule has 0 aliphatic rings. The van der Waals surface area contributed by atoms with Gasteiger partial charge in [-0.1, -0.05) is 11.6 Å². The summed E-state index contributed by atoms with van der Waals surface area (Å²) in [6.45, 7) is 0.320. The fourth-order valence-electron chi connectivity index (χ4n) is 1.67. The molecule has 0 fully saturated rings. The quantitative estimate of drug-likeness (QED) is 0.571. The molecule has 0 aliphatic heterocycles. The summed E-state index contributed by atoms with van der Waals surface area (Å²) in [6.07, 6.45) is 3.03. The lowest BCUT2D eigenvalue weighted by molar-refractivity contribution is 0.270. The third-order valence-corrected chi connectivity index (χ3v) is 3.25. The number of furan rings is 1. The summed E-state index contributed by atoms with van der Waals surface area (Å²) in [5, 5.41) is 11.2. The second-order valence-electron chi connectivity index (χ2n) is 4.30. The van der Waals surface area contributed by atoms with Crippen LogP contribution in [0.2, 0.25) is 5.02 Å². The van der Waals surface area contributed by atoms with Gasteiger partial charge in [0.15, 0.2) is 0 Å². The first-order valence-corrected chi connectivity index (χ1v) is 7.13. The van der Waals surface area contributed by atoms with Crippen LogP contribution in [0.5, 0.6) is 5.75 Å². The van der Waals surface area contributed by atoms with Crippen LogP contribution in [0.3, 0.4) is 0 Å². The summed E-state index contributed by atoms with van der Waals surface area (Å²) in [5.74, 6) is 2.01. The van der Waals surface area contributed by atoms with E-state index < -0.39 is 0 Å². The van der Waals surface area contributed by atoms with Gasteiger partial charge in [0.05, 0.1) is 6.21 Å². The Bertz CT molecular complexity index is 835. The molecule has 0 saturated carbocycles. The molecule has 3 rings (SSSR count). The van der Waals surface area contributed by atoms with Crippen molar-refractivity contribution in [3.05, 3.63) is 64.0 Å². The Morgan fingerprint density at radius 3 is 2.86 bits per heavy atom. The van der Waals surface area contributed by atoms with Crippen molar-refractivity contribution < 1.29 is 9.15 Å². The summed E-state index contributed by atoms with van der Waals surface area (Å²) in [7, 11) is 0. The number of aromatic nitrogens is 3. The highest BCUT2D eigenvalue weighted by Crippen LogP contribution is 2.17. The zero-order valence-electron chi connectivity index (χ0n) is 11.3. The number of benzene rings is 1.